The van der Waals surface area contributed by atoms with Crippen LogP contribution in [0, 0.1) is 6.92 Å². The average Bonchev–Trinajstić information content (AvgIpc) is 2.56. The van der Waals surface area contributed by atoms with Gasteiger partial charge in [0.15, 0.2) is 5.96 Å². The molecule has 0 saturated carbocycles. The fraction of sp³-hybridized carbons (Fsp3) is 0.294. The van der Waals surface area contributed by atoms with E-state index in [2.05, 4.69) is 39.7 Å². The summed E-state index contributed by atoms with van der Waals surface area (Å²) in [6, 6.07) is 12.0. The van der Waals surface area contributed by atoms with Gasteiger partial charge in [-0.1, -0.05) is 24.3 Å². The average molecular weight is 298 g/mol. The van der Waals surface area contributed by atoms with Crippen LogP contribution in [0.3, 0.4) is 0 Å². The highest BCUT2D eigenvalue weighted by atomic mass is 16.5. The van der Waals surface area contributed by atoms with E-state index in [1.54, 1.807) is 19.4 Å². The molecule has 0 unspecified atom stereocenters. The molecule has 5 nitrogen and oxygen atoms in total. The molecule has 2 aromatic rings. The summed E-state index contributed by atoms with van der Waals surface area (Å²) in [5.74, 6) is 1.53. The topological polar surface area (TPSA) is 58.5 Å². The number of benzene rings is 1. The summed E-state index contributed by atoms with van der Waals surface area (Å²) in [7, 11) is 1.76. The van der Waals surface area contributed by atoms with Crippen LogP contribution in [0.5, 0.6) is 5.75 Å². The summed E-state index contributed by atoms with van der Waals surface area (Å²) >= 11 is 0. The van der Waals surface area contributed by atoms with E-state index in [1.807, 2.05) is 24.3 Å². The molecule has 5 heteroatoms. The van der Waals surface area contributed by atoms with Gasteiger partial charge in [0.2, 0.25) is 0 Å². The Morgan fingerprint density at radius 2 is 2.05 bits per heavy atom. The monoisotopic (exact) mass is 298 g/mol. The molecule has 2 rings (SSSR count). The molecular weight excluding hydrogens is 276 g/mol. The molecule has 0 fully saturated rings. The Balaban J connectivity index is 1.70. The molecule has 0 aliphatic rings. The van der Waals surface area contributed by atoms with Crippen molar-refractivity contribution in [3.05, 3.63) is 59.9 Å². The molecule has 2 N–H and O–H groups in total. The zero-order valence-corrected chi connectivity index (χ0v) is 13.0. The maximum atomic E-state index is 5.58. The van der Waals surface area contributed by atoms with Crippen molar-refractivity contribution < 1.29 is 4.74 Å². The van der Waals surface area contributed by atoms with Crippen LogP contribution in [-0.4, -0.2) is 31.1 Å². The second kappa shape index (κ2) is 8.67. The van der Waals surface area contributed by atoms with Crippen molar-refractivity contribution in [2.45, 2.75) is 13.5 Å². The lowest BCUT2D eigenvalue weighted by molar-refractivity contribution is 0.320. The number of hydrogen-bond donors (Lipinski definition) is 2. The summed E-state index contributed by atoms with van der Waals surface area (Å²) < 4.78 is 5.58. The lowest BCUT2D eigenvalue weighted by atomic mass is 10.1. The maximum absolute atomic E-state index is 5.58. The minimum absolute atomic E-state index is 0.552. The smallest absolute Gasteiger partial charge is 0.191 e. The molecule has 0 aliphatic heterocycles. The number of aromatic nitrogens is 1. The first-order valence-electron chi connectivity index (χ1n) is 7.31. The van der Waals surface area contributed by atoms with Crippen LogP contribution in [0.15, 0.2) is 53.8 Å². The SMILES string of the molecule is CN=C(NCCOc1cccnc1)NCc1ccccc1C. The van der Waals surface area contributed by atoms with Gasteiger partial charge in [0.05, 0.1) is 12.7 Å². The van der Waals surface area contributed by atoms with Crippen LogP contribution in [0.25, 0.3) is 0 Å². The number of hydrogen-bond acceptors (Lipinski definition) is 3. The molecule has 0 atom stereocenters. The Labute approximate surface area is 131 Å². The van der Waals surface area contributed by atoms with Gasteiger partial charge in [-0.05, 0) is 30.2 Å². The highest BCUT2D eigenvalue weighted by Crippen LogP contribution is 2.06. The second-order valence-corrected chi connectivity index (χ2v) is 4.82. The molecule has 0 radical (unpaired) electrons. The largest absolute Gasteiger partial charge is 0.490 e. The summed E-state index contributed by atoms with van der Waals surface area (Å²) in [5.41, 5.74) is 2.53. The molecule has 0 amide bonds. The van der Waals surface area contributed by atoms with Crippen LogP contribution in [-0.2, 0) is 6.54 Å². The van der Waals surface area contributed by atoms with Crippen LogP contribution in [0.4, 0.5) is 0 Å². The lowest BCUT2D eigenvalue weighted by Gasteiger charge is -2.13. The normalized spacial score (nSPS) is 11.1. The Hall–Kier alpha value is -2.56. The van der Waals surface area contributed by atoms with Gasteiger partial charge < -0.3 is 15.4 Å². The van der Waals surface area contributed by atoms with Crippen LogP contribution >= 0.6 is 0 Å². The fourth-order valence-corrected chi connectivity index (χ4v) is 1.98. The van der Waals surface area contributed by atoms with E-state index in [-0.39, 0.29) is 0 Å². The first-order chi connectivity index (χ1) is 10.8. The van der Waals surface area contributed by atoms with E-state index in [0.29, 0.717) is 13.2 Å². The number of rotatable bonds is 6. The predicted octanol–water partition coefficient (Wildman–Crippen LogP) is 2.13. The summed E-state index contributed by atoms with van der Waals surface area (Å²) in [6.07, 6.45) is 3.42. The van der Waals surface area contributed by atoms with Crippen molar-refractivity contribution in [3.8, 4) is 5.75 Å². The number of guanidine groups is 1. The first-order valence-corrected chi connectivity index (χ1v) is 7.31. The molecule has 1 aromatic carbocycles. The van der Waals surface area contributed by atoms with Gasteiger partial charge in [-0.15, -0.1) is 0 Å². The van der Waals surface area contributed by atoms with E-state index in [0.717, 1.165) is 18.3 Å². The third kappa shape index (κ3) is 5.09. The highest BCUT2D eigenvalue weighted by molar-refractivity contribution is 5.79. The van der Waals surface area contributed by atoms with E-state index in [1.165, 1.54) is 11.1 Å². The number of nitrogens with one attached hydrogen (secondary N) is 2. The molecular formula is C17H22N4O. The summed E-state index contributed by atoms with van der Waals surface area (Å²) in [5, 5.41) is 6.52. The lowest BCUT2D eigenvalue weighted by Crippen LogP contribution is -2.39. The molecule has 0 saturated heterocycles. The van der Waals surface area contributed by atoms with Crippen molar-refractivity contribution in [2.24, 2.45) is 4.99 Å². The highest BCUT2D eigenvalue weighted by Gasteiger charge is 2.00. The molecule has 1 heterocycles. The predicted molar refractivity (Wildman–Crippen MR) is 89.1 cm³/mol. The standard InChI is InChI=1S/C17H22N4O/c1-14-6-3-4-7-15(14)12-21-17(18-2)20-10-11-22-16-8-5-9-19-13-16/h3-9,13H,10-12H2,1-2H3,(H2,18,20,21). The molecule has 0 aliphatic carbocycles. The van der Waals surface area contributed by atoms with Crippen molar-refractivity contribution in [1.82, 2.24) is 15.6 Å². The van der Waals surface area contributed by atoms with E-state index < -0.39 is 0 Å². The third-order valence-electron chi connectivity index (χ3n) is 3.23. The van der Waals surface area contributed by atoms with Gasteiger partial charge in [-0.3, -0.25) is 9.98 Å². The molecule has 116 valence electrons. The van der Waals surface area contributed by atoms with Crippen molar-refractivity contribution in [2.75, 3.05) is 20.2 Å². The quantitative estimate of drug-likeness (QED) is 0.487. The Morgan fingerprint density at radius 1 is 1.18 bits per heavy atom. The van der Waals surface area contributed by atoms with Crippen molar-refractivity contribution in [3.63, 3.8) is 0 Å². The number of aryl methyl sites for hydroxylation is 1. The minimum Gasteiger partial charge on any atom is -0.490 e. The van der Waals surface area contributed by atoms with Crippen molar-refractivity contribution >= 4 is 5.96 Å². The second-order valence-electron chi connectivity index (χ2n) is 4.82. The van der Waals surface area contributed by atoms with Crippen molar-refractivity contribution in [1.29, 1.82) is 0 Å². The van der Waals surface area contributed by atoms with Gasteiger partial charge in [0.25, 0.3) is 0 Å². The van der Waals surface area contributed by atoms with Crippen LogP contribution in [0.1, 0.15) is 11.1 Å². The van der Waals surface area contributed by atoms with Gasteiger partial charge in [0.1, 0.15) is 12.4 Å². The number of ether oxygens (including phenoxy) is 1. The fourth-order valence-electron chi connectivity index (χ4n) is 1.98. The van der Waals surface area contributed by atoms with Crippen LogP contribution in [0.2, 0.25) is 0 Å². The molecule has 22 heavy (non-hydrogen) atoms. The molecule has 0 spiro atoms. The van der Waals surface area contributed by atoms with Crippen LogP contribution < -0.4 is 15.4 Å². The Kier molecular flexibility index (Phi) is 6.23. The molecule has 1 aromatic heterocycles. The number of aliphatic imine (C=N–C) groups is 1. The third-order valence-corrected chi connectivity index (χ3v) is 3.23. The number of nitrogens with zero attached hydrogens (tertiary/aromatic N) is 2. The van der Waals surface area contributed by atoms with E-state index in [4.69, 9.17) is 4.74 Å². The Bertz CT molecular complexity index is 599. The minimum atomic E-state index is 0.552. The summed E-state index contributed by atoms with van der Waals surface area (Å²) in [4.78, 5) is 8.21. The van der Waals surface area contributed by atoms with Gasteiger partial charge in [-0.25, -0.2) is 0 Å². The maximum Gasteiger partial charge on any atom is 0.191 e. The summed E-state index contributed by atoms with van der Waals surface area (Å²) in [6.45, 7) is 4.07. The van der Waals surface area contributed by atoms with E-state index >= 15 is 0 Å². The van der Waals surface area contributed by atoms with Gasteiger partial charge in [-0.2, -0.15) is 0 Å². The van der Waals surface area contributed by atoms with Gasteiger partial charge >= 0.3 is 0 Å². The first kappa shape index (κ1) is 15.8. The Morgan fingerprint density at radius 3 is 2.77 bits per heavy atom. The number of pyridine rings is 1. The zero-order valence-electron chi connectivity index (χ0n) is 13.0. The molecule has 0 bridgehead atoms. The zero-order chi connectivity index (χ0) is 15.6. The van der Waals surface area contributed by atoms with Gasteiger partial charge in [0, 0.05) is 19.8 Å². The van der Waals surface area contributed by atoms with E-state index in [9.17, 15) is 0 Å².